The van der Waals surface area contributed by atoms with Gasteiger partial charge in [0.05, 0.1) is 0 Å². The Hall–Kier alpha value is -1.22. The first-order valence-corrected chi connectivity index (χ1v) is 6.40. The summed E-state index contributed by atoms with van der Waals surface area (Å²) < 4.78 is 0. The maximum absolute atomic E-state index is 12.4. The highest BCUT2D eigenvalue weighted by atomic mass is 16.1. The fourth-order valence-electron chi connectivity index (χ4n) is 2.57. The fraction of sp³-hybridized carbons (Fsp3) is 0.571. The third-order valence-corrected chi connectivity index (χ3v) is 3.57. The number of nitrogens with two attached hydrogens (primary N) is 1. The van der Waals surface area contributed by atoms with Crippen molar-refractivity contribution >= 4 is 5.78 Å². The van der Waals surface area contributed by atoms with Crippen molar-refractivity contribution in [2.45, 2.75) is 45.1 Å². The van der Waals surface area contributed by atoms with E-state index in [2.05, 4.69) is 4.98 Å². The van der Waals surface area contributed by atoms with E-state index in [1.165, 1.54) is 6.42 Å². The van der Waals surface area contributed by atoms with Gasteiger partial charge in [-0.25, -0.2) is 0 Å². The van der Waals surface area contributed by atoms with E-state index in [0.29, 0.717) is 5.56 Å². The van der Waals surface area contributed by atoms with Gasteiger partial charge in [0, 0.05) is 29.9 Å². The molecule has 3 nitrogen and oxygen atoms in total. The second-order valence-corrected chi connectivity index (χ2v) is 5.02. The molecule has 1 aliphatic rings. The van der Waals surface area contributed by atoms with Gasteiger partial charge in [-0.1, -0.05) is 19.3 Å². The zero-order valence-electron chi connectivity index (χ0n) is 10.4. The number of Topliss-reactive ketones (excluding diaryl/α,β-unsaturated/α-hetero) is 1. The van der Waals surface area contributed by atoms with Gasteiger partial charge in [-0.05, 0) is 31.4 Å². The Balaban J connectivity index is 2.18. The predicted octanol–water partition coefficient (Wildman–Crippen LogP) is 2.48. The van der Waals surface area contributed by atoms with E-state index in [1.54, 1.807) is 12.4 Å². The number of ketones is 1. The second kappa shape index (κ2) is 5.41. The molecule has 92 valence electrons. The Morgan fingerprint density at radius 3 is 2.82 bits per heavy atom. The van der Waals surface area contributed by atoms with Gasteiger partial charge in [0.15, 0.2) is 5.78 Å². The summed E-state index contributed by atoms with van der Waals surface area (Å²) in [6.07, 6.45) is 8.78. The number of carbonyl (C=O) groups excluding carboxylic acids is 1. The van der Waals surface area contributed by atoms with Crippen molar-refractivity contribution in [3.05, 3.63) is 29.6 Å². The molecule has 0 aliphatic heterocycles. The lowest BCUT2D eigenvalue weighted by atomic mass is 9.88. The minimum Gasteiger partial charge on any atom is -0.327 e. The van der Waals surface area contributed by atoms with Crippen LogP contribution in [-0.2, 0) is 0 Å². The predicted molar refractivity (Wildman–Crippen MR) is 67.9 cm³/mol. The van der Waals surface area contributed by atoms with Gasteiger partial charge in [0.1, 0.15) is 0 Å². The molecule has 1 aliphatic carbocycles. The van der Waals surface area contributed by atoms with Crippen LogP contribution in [0.15, 0.2) is 18.5 Å². The summed E-state index contributed by atoms with van der Waals surface area (Å²) in [5.74, 6) is 0.164. The van der Waals surface area contributed by atoms with Crippen molar-refractivity contribution < 1.29 is 4.79 Å². The van der Waals surface area contributed by atoms with Crippen molar-refractivity contribution in [2.75, 3.05) is 0 Å². The van der Waals surface area contributed by atoms with E-state index < -0.39 is 0 Å². The Morgan fingerprint density at radius 2 is 2.06 bits per heavy atom. The first-order chi connectivity index (χ1) is 8.18. The van der Waals surface area contributed by atoms with Crippen molar-refractivity contribution in [2.24, 2.45) is 11.7 Å². The highest BCUT2D eigenvalue weighted by molar-refractivity contribution is 5.98. The van der Waals surface area contributed by atoms with Crippen LogP contribution in [0, 0.1) is 12.8 Å². The lowest BCUT2D eigenvalue weighted by Gasteiger charge is -2.19. The van der Waals surface area contributed by atoms with Gasteiger partial charge >= 0.3 is 0 Å². The Bertz CT molecular complexity index is 403. The minimum absolute atomic E-state index is 0.0129. The highest BCUT2D eigenvalue weighted by Crippen LogP contribution is 2.25. The maximum Gasteiger partial charge on any atom is 0.169 e. The van der Waals surface area contributed by atoms with Gasteiger partial charge in [0.2, 0.25) is 0 Å². The third kappa shape index (κ3) is 2.91. The number of rotatable bonds is 2. The zero-order chi connectivity index (χ0) is 12.3. The van der Waals surface area contributed by atoms with Crippen LogP contribution in [0.1, 0.15) is 48.0 Å². The number of nitrogens with zero attached hydrogens (tertiary/aromatic N) is 1. The topological polar surface area (TPSA) is 56.0 Å². The summed E-state index contributed by atoms with van der Waals surface area (Å²) in [6.45, 7) is 1.96. The van der Waals surface area contributed by atoms with Crippen molar-refractivity contribution in [1.82, 2.24) is 4.98 Å². The number of hydrogen-bond acceptors (Lipinski definition) is 3. The van der Waals surface area contributed by atoms with Gasteiger partial charge in [-0.15, -0.1) is 0 Å². The number of pyridine rings is 1. The smallest absolute Gasteiger partial charge is 0.169 e. The third-order valence-electron chi connectivity index (χ3n) is 3.57. The molecule has 0 saturated heterocycles. The summed E-state index contributed by atoms with van der Waals surface area (Å²) >= 11 is 0. The summed E-state index contributed by atoms with van der Waals surface area (Å²) in [5, 5.41) is 0. The molecular weight excluding hydrogens is 212 g/mol. The SMILES string of the molecule is Cc1cncc(C(=O)C2CCCCCC2N)c1. The van der Waals surface area contributed by atoms with Crippen LogP contribution in [0.3, 0.4) is 0 Å². The van der Waals surface area contributed by atoms with Crippen molar-refractivity contribution in [1.29, 1.82) is 0 Å². The van der Waals surface area contributed by atoms with E-state index >= 15 is 0 Å². The van der Waals surface area contributed by atoms with E-state index in [4.69, 9.17) is 5.73 Å². The molecule has 0 aromatic carbocycles. The number of aromatic nitrogens is 1. The number of hydrogen-bond donors (Lipinski definition) is 1. The van der Waals surface area contributed by atoms with Crippen LogP contribution in [0.25, 0.3) is 0 Å². The normalized spacial score (nSPS) is 25.3. The molecule has 1 aromatic rings. The Morgan fingerprint density at radius 1 is 1.29 bits per heavy atom. The number of carbonyl (C=O) groups is 1. The highest BCUT2D eigenvalue weighted by Gasteiger charge is 2.27. The molecule has 2 N–H and O–H groups in total. The van der Waals surface area contributed by atoms with Crippen LogP contribution in [0.5, 0.6) is 0 Å². The summed E-state index contributed by atoms with van der Waals surface area (Å²) in [4.78, 5) is 16.5. The Kier molecular flexibility index (Phi) is 3.89. The van der Waals surface area contributed by atoms with Crippen LogP contribution in [0.4, 0.5) is 0 Å². The van der Waals surface area contributed by atoms with Gasteiger partial charge in [-0.3, -0.25) is 9.78 Å². The molecule has 1 fully saturated rings. The van der Waals surface area contributed by atoms with E-state index in [-0.39, 0.29) is 17.7 Å². The molecule has 0 amide bonds. The zero-order valence-corrected chi connectivity index (χ0v) is 10.4. The molecule has 0 spiro atoms. The largest absolute Gasteiger partial charge is 0.327 e. The summed E-state index contributed by atoms with van der Waals surface area (Å²) in [5.41, 5.74) is 7.86. The molecule has 2 unspecified atom stereocenters. The van der Waals surface area contributed by atoms with Crippen LogP contribution in [-0.4, -0.2) is 16.8 Å². The average Bonchev–Trinajstić information content (AvgIpc) is 2.53. The first-order valence-electron chi connectivity index (χ1n) is 6.40. The van der Waals surface area contributed by atoms with Gasteiger partial charge in [0.25, 0.3) is 0 Å². The maximum atomic E-state index is 12.4. The quantitative estimate of drug-likeness (QED) is 0.629. The molecule has 2 atom stereocenters. The monoisotopic (exact) mass is 232 g/mol. The minimum atomic E-state index is -0.0129. The lowest BCUT2D eigenvalue weighted by Crippen LogP contribution is -2.34. The molecule has 0 radical (unpaired) electrons. The fourth-order valence-corrected chi connectivity index (χ4v) is 2.57. The van der Waals surface area contributed by atoms with E-state index in [1.807, 2.05) is 13.0 Å². The van der Waals surface area contributed by atoms with Gasteiger partial charge < -0.3 is 5.73 Å². The molecule has 1 saturated carbocycles. The van der Waals surface area contributed by atoms with Crippen molar-refractivity contribution in [3.8, 4) is 0 Å². The number of aryl methyl sites for hydroxylation is 1. The van der Waals surface area contributed by atoms with E-state index in [0.717, 1.165) is 31.2 Å². The molecule has 0 bridgehead atoms. The van der Waals surface area contributed by atoms with E-state index in [9.17, 15) is 4.79 Å². The first kappa shape index (κ1) is 12.2. The second-order valence-electron chi connectivity index (χ2n) is 5.02. The summed E-state index contributed by atoms with van der Waals surface area (Å²) in [6, 6.07) is 1.93. The standard InChI is InChI=1S/C14H20N2O/c1-10-7-11(9-16-8-10)14(17)12-5-3-2-4-6-13(12)15/h7-9,12-13H,2-6,15H2,1H3. The summed E-state index contributed by atoms with van der Waals surface area (Å²) in [7, 11) is 0. The van der Waals surface area contributed by atoms with Crippen molar-refractivity contribution in [3.63, 3.8) is 0 Å². The molecule has 2 rings (SSSR count). The average molecular weight is 232 g/mol. The molecule has 3 heteroatoms. The molecule has 1 heterocycles. The lowest BCUT2D eigenvalue weighted by molar-refractivity contribution is 0.0894. The molecular formula is C14H20N2O. The van der Waals surface area contributed by atoms with Crippen LogP contribution >= 0.6 is 0 Å². The molecule has 1 aromatic heterocycles. The van der Waals surface area contributed by atoms with Crippen LogP contribution in [0.2, 0.25) is 0 Å². The molecule has 17 heavy (non-hydrogen) atoms. The van der Waals surface area contributed by atoms with Gasteiger partial charge in [-0.2, -0.15) is 0 Å². The van der Waals surface area contributed by atoms with Crippen LogP contribution < -0.4 is 5.73 Å². The Labute approximate surface area is 102 Å².